The van der Waals surface area contributed by atoms with E-state index in [1.54, 1.807) is 6.07 Å². The zero-order valence-corrected chi connectivity index (χ0v) is 12.6. The lowest BCUT2D eigenvalue weighted by molar-refractivity contribution is 0.414. The van der Waals surface area contributed by atoms with E-state index in [1.165, 1.54) is 13.2 Å². The number of hydrogen-bond acceptors (Lipinski definition) is 6. The van der Waals surface area contributed by atoms with Crippen molar-refractivity contribution in [1.29, 1.82) is 5.26 Å². The molecule has 0 aliphatic carbocycles. The molecule has 1 N–H and O–H groups in total. The largest absolute Gasteiger partial charge is 0.493 e. The molecule has 22 heavy (non-hydrogen) atoms. The van der Waals surface area contributed by atoms with E-state index < -0.39 is 20.7 Å². The SMILES string of the molecule is COc1cc(Cl)nnc1NS(=O)(=O)c1cc(F)cc(C#N)c1. The maximum atomic E-state index is 13.4. The molecule has 0 spiro atoms. The second kappa shape index (κ2) is 6.13. The maximum Gasteiger partial charge on any atom is 0.263 e. The molecule has 7 nitrogen and oxygen atoms in total. The number of nitrogens with zero attached hydrogens (tertiary/aromatic N) is 3. The molecule has 0 bridgehead atoms. The van der Waals surface area contributed by atoms with Crippen molar-refractivity contribution in [3.05, 3.63) is 40.8 Å². The van der Waals surface area contributed by atoms with Crippen LogP contribution in [0, 0.1) is 17.1 Å². The fourth-order valence-electron chi connectivity index (χ4n) is 1.55. The normalized spacial score (nSPS) is 10.8. The molecule has 114 valence electrons. The Balaban J connectivity index is 2.45. The van der Waals surface area contributed by atoms with Crippen LogP contribution < -0.4 is 9.46 Å². The molecule has 2 rings (SSSR count). The van der Waals surface area contributed by atoms with Gasteiger partial charge in [0.1, 0.15) is 5.82 Å². The van der Waals surface area contributed by atoms with Gasteiger partial charge in [-0.1, -0.05) is 11.6 Å². The number of ether oxygens (including phenoxy) is 1. The average molecular weight is 343 g/mol. The second-order valence-electron chi connectivity index (χ2n) is 3.98. The van der Waals surface area contributed by atoms with Gasteiger partial charge in [-0.25, -0.2) is 12.8 Å². The molecular formula is C12H8ClFN4O3S. The van der Waals surface area contributed by atoms with Gasteiger partial charge < -0.3 is 4.74 Å². The summed E-state index contributed by atoms with van der Waals surface area (Å²) in [7, 11) is -2.89. The van der Waals surface area contributed by atoms with Crippen molar-refractivity contribution in [3.8, 4) is 11.8 Å². The lowest BCUT2D eigenvalue weighted by Gasteiger charge is -2.10. The molecule has 10 heteroatoms. The summed E-state index contributed by atoms with van der Waals surface area (Å²) in [5.74, 6) is -1.02. The number of methoxy groups -OCH3 is 1. The summed E-state index contributed by atoms with van der Waals surface area (Å²) >= 11 is 5.63. The average Bonchev–Trinajstić information content (AvgIpc) is 2.48. The molecule has 0 unspecified atom stereocenters. The molecule has 0 amide bonds. The third-order valence-electron chi connectivity index (χ3n) is 2.49. The van der Waals surface area contributed by atoms with Gasteiger partial charge in [0.25, 0.3) is 10.0 Å². The fourth-order valence-corrected chi connectivity index (χ4v) is 2.75. The Kier molecular flexibility index (Phi) is 4.44. The Hall–Kier alpha value is -2.44. The first-order valence-corrected chi connectivity index (χ1v) is 7.52. The van der Waals surface area contributed by atoms with Crippen LogP contribution in [0.2, 0.25) is 5.15 Å². The van der Waals surface area contributed by atoms with Gasteiger partial charge in [0, 0.05) is 6.07 Å². The van der Waals surface area contributed by atoms with Crippen molar-refractivity contribution >= 4 is 27.4 Å². The molecule has 0 radical (unpaired) electrons. The highest BCUT2D eigenvalue weighted by Gasteiger charge is 2.20. The Morgan fingerprint density at radius 2 is 2.05 bits per heavy atom. The summed E-state index contributed by atoms with van der Waals surface area (Å²) in [5, 5.41) is 15.8. The van der Waals surface area contributed by atoms with Crippen LogP contribution in [-0.4, -0.2) is 25.7 Å². The minimum Gasteiger partial charge on any atom is -0.493 e. The van der Waals surface area contributed by atoms with Crippen molar-refractivity contribution in [1.82, 2.24) is 10.2 Å². The van der Waals surface area contributed by atoms with Crippen LogP contribution in [0.5, 0.6) is 5.75 Å². The van der Waals surface area contributed by atoms with Gasteiger partial charge in [-0.15, -0.1) is 10.2 Å². The van der Waals surface area contributed by atoms with Crippen molar-refractivity contribution in [2.24, 2.45) is 0 Å². The summed E-state index contributed by atoms with van der Waals surface area (Å²) < 4.78 is 44.9. The second-order valence-corrected chi connectivity index (χ2v) is 6.05. The predicted octanol–water partition coefficient (Wildman–Crippen LogP) is 1.95. The Bertz CT molecular complexity index is 867. The zero-order chi connectivity index (χ0) is 16.3. The first-order chi connectivity index (χ1) is 10.4. The number of rotatable bonds is 4. The molecule has 1 aromatic carbocycles. The van der Waals surface area contributed by atoms with Gasteiger partial charge in [-0.3, -0.25) is 4.72 Å². The Labute approximate surface area is 130 Å². The van der Waals surface area contributed by atoms with Gasteiger partial charge in [-0.2, -0.15) is 5.26 Å². The zero-order valence-electron chi connectivity index (χ0n) is 11.0. The summed E-state index contributed by atoms with van der Waals surface area (Å²) in [6.07, 6.45) is 0. The number of benzene rings is 1. The number of nitriles is 1. The molecule has 2 aromatic rings. The van der Waals surface area contributed by atoms with Crippen molar-refractivity contribution in [3.63, 3.8) is 0 Å². The topological polar surface area (TPSA) is 105 Å². The van der Waals surface area contributed by atoms with Gasteiger partial charge in [0.15, 0.2) is 10.9 Å². The number of halogens is 2. The van der Waals surface area contributed by atoms with Gasteiger partial charge >= 0.3 is 0 Å². The van der Waals surface area contributed by atoms with E-state index in [2.05, 4.69) is 14.9 Å². The lowest BCUT2D eigenvalue weighted by atomic mass is 10.2. The lowest BCUT2D eigenvalue weighted by Crippen LogP contribution is -2.15. The van der Waals surface area contributed by atoms with E-state index in [-0.39, 0.29) is 22.3 Å². The summed E-state index contributed by atoms with van der Waals surface area (Å²) in [6, 6.07) is 5.66. The van der Waals surface area contributed by atoms with Gasteiger partial charge in [0.2, 0.25) is 5.82 Å². The van der Waals surface area contributed by atoms with Crippen LogP contribution in [0.4, 0.5) is 10.2 Å². The third kappa shape index (κ3) is 3.41. The molecule has 0 saturated heterocycles. The Morgan fingerprint density at radius 1 is 1.32 bits per heavy atom. The van der Waals surface area contributed by atoms with E-state index in [0.717, 1.165) is 18.2 Å². The molecule has 0 aliphatic rings. The van der Waals surface area contributed by atoms with Crippen LogP contribution in [-0.2, 0) is 10.0 Å². The molecular weight excluding hydrogens is 335 g/mol. The van der Waals surface area contributed by atoms with Crippen molar-refractivity contribution in [2.75, 3.05) is 11.8 Å². The van der Waals surface area contributed by atoms with E-state index in [9.17, 15) is 12.8 Å². The van der Waals surface area contributed by atoms with E-state index in [0.29, 0.717) is 0 Å². The van der Waals surface area contributed by atoms with E-state index in [4.69, 9.17) is 21.6 Å². The van der Waals surface area contributed by atoms with Crippen LogP contribution >= 0.6 is 11.6 Å². The highest BCUT2D eigenvalue weighted by Crippen LogP contribution is 2.26. The molecule has 0 saturated carbocycles. The monoisotopic (exact) mass is 342 g/mol. The van der Waals surface area contributed by atoms with Gasteiger partial charge in [0.05, 0.1) is 23.6 Å². The number of anilines is 1. The van der Waals surface area contributed by atoms with Crippen LogP contribution in [0.1, 0.15) is 5.56 Å². The standard InChI is InChI=1S/C12H8ClFN4O3S/c1-21-10-5-11(13)16-17-12(10)18-22(19,20)9-3-7(6-15)2-8(14)4-9/h2-5H,1H3,(H,17,18). The maximum absolute atomic E-state index is 13.4. The van der Waals surface area contributed by atoms with E-state index in [1.807, 2.05) is 0 Å². The molecule has 1 heterocycles. The summed E-state index contributed by atoms with van der Waals surface area (Å²) in [5.41, 5.74) is -0.130. The third-order valence-corrected chi connectivity index (χ3v) is 3.99. The van der Waals surface area contributed by atoms with Gasteiger partial charge in [-0.05, 0) is 18.2 Å². The van der Waals surface area contributed by atoms with Crippen LogP contribution in [0.25, 0.3) is 0 Å². The molecule has 0 atom stereocenters. The highest BCUT2D eigenvalue weighted by atomic mass is 35.5. The number of nitrogens with one attached hydrogen (secondary N) is 1. The minimum absolute atomic E-state index is 0.0114. The van der Waals surface area contributed by atoms with Crippen LogP contribution in [0.15, 0.2) is 29.2 Å². The smallest absolute Gasteiger partial charge is 0.263 e. The highest BCUT2D eigenvalue weighted by molar-refractivity contribution is 7.92. The molecule has 0 aliphatic heterocycles. The predicted molar refractivity (Wildman–Crippen MR) is 75.5 cm³/mol. The summed E-state index contributed by atoms with van der Waals surface area (Å²) in [4.78, 5) is -0.428. The summed E-state index contributed by atoms with van der Waals surface area (Å²) in [6.45, 7) is 0. The van der Waals surface area contributed by atoms with Crippen molar-refractivity contribution < 1.29 is 17.5 Å². The Morgan fingerprint density at radius 3 is 2.68 bits per heavy atom. The van der Waals surface area contributed by atoms with Crippen LogP contribution in [0.3, 0.4) is 0 Å². The van der Waals surface area contributed by atoms with Crippen molar-refractivity contribution in [2.45, 2.75) is 4.90 Å². The fraction of sp³-hybridized carbons (Fsp3) is 0.0833. The quantitative estimate of drug-likeness (QED) is 0.910. The first kappa shape index (κ1) is 15.9. The number of aromatic nitrogens is 2. The number of hydrogen-bond donors (Lipinski definition) is 1. The molecule has 0 fully saturated rings. The number of sulfonamides is 1. The minimum atomic E-state index is -4.18. The molecule has 1 aromatic heterocycles. The first-order valence-electron chi connectivity index (χ1n) is 5.66. The van der Waals surface area contributed by atoms with E-state index >= 15 is 0 Å².